The second-order valence-electron chi connectivity index (χ2n) is 4.97. The Balaban J connectivity index is 2.30. The van der Waals surface area contributed by atoms with Gasteiger partial charge in [0.25, 0.3) is 10.0 Å². The van der Waals surface area contributed by atoms with Gasteiger partial charge in [-0.1, -0.05) is 29.8 Å². The lowest BCUT2D eigenvalue weighted by atomic mass is 10.2. The normalized spacial score (nSPS) is 11.2. The fourth-order valence-electron chi connectivity index (χ4n) is 1.64. The Labute approximate surface area is 141 Å². The third-order valence-electron chi connectivity index (χ3n) is 2.85. The lowest BCUT2D eigenvalue weighted by molar-refractivity contribution is -0.141. The van der Waals surface area contributed by atoms with Gasteiger partial charge in [0.15, 0.2) is 0 Å². The van der Waals surface area contributed by atoms with E-state index in [1.807, 2.05) is 11.6 Å². The molecular weight excluding hydrogens is 334 g/mol. The summed E-state index contributed by atoms with van der Waals surface area (Å²) in [7, 11) is -3.94. The van der Waals surface area contributed by atoms with E-state index in [1.54, 1.807) is 24.3 Å². The molecule has 1 aromatic carbocycles. The number of hydrogen-bond donors (Lipinski definition) is 1. The molecule has 132 valence electrons. The van der Waals surface area contributed by atoms with Crippen molar-refractivity contribution in [1.29, 1.82) is 0 Å². The van der Waals surface area contributed by atoms with Crippen molar-refractivity contribution >= 4 is 22.1 Å². The predicted octanol–water partition coefficient (Wildman–Crippen LogP) is 2.31. The summed E-state index contributed by atoms with van der Waals surface area (Å²) in [5.74, 6) is -0.325. The van der Waals surface area contributed by atoms with Crippen molar-refractivity contribution in [3.8, 4) is 0 Å². The summed E-state index contributed by atoms with van der Waals surface area (Å²) in [5.41, 5.74) is 0.912. The van der Waals surface area contributed by atoms with Gasteiger partial charge in [0.05, 0.1) is 11.5 Å². The fourth-order valence-corrected chi connectivity index (χ4v) is 2.53. The van der Waals surface area contributed by atoms with Crippen molar-refractivity contribution in [2.24, 2.45) is 0 Å². The van der Waals surface area contributed by atoms with E-state index in [9.17, 15) is 18.0 Å². The van der Waals surface area contributed by atoms with Crippen LogP contribution in [0.3, 0.4) is 0 Å². The molecule has 0 saturated heterocycles. The highest BCUT2D eigenvalue weighted by Crippen LogP contribution is 2.09. The predicted molar refractivity (Wildman–Crippen MR) is 87.9 cm³/mol. The number of esters is 1. The largest absolute Gasteiger partial charge is 0.466 e. The van der Waals surface area contributed by atoms with Crippen molar-refractivity contribution in [3.05, 3.63) is 42.0 Å². The molecule has 1 N–H and O–H groups in total. The zero-order chi connectivity index (χ0) is 18.0. The van der Waals surface area contributed by atoms with Crippen LogP contribution in [0.4, 0.5) is 4.79 Å². The lowest BCUT2D eigenvalue weighted by Gasteiger charge is -2.07. The molecule has 0 unspecified atom stereocenters. The number of nitrogens with one attached hydrogen (secondary N) is 1. The Morgan fingerprint density at radius 1 is 1.12 bits per heavy atom. The van der Waals surface area contributed by atoms with Crippen molar-refractivity contribution in [1.82, 2.24) is 4.72 Å². The molecule has 1 amide bonds. The quantitative estimate of drug-likeness (QED) is 0.436. The van der Waals surface area contributed by atoms with Gasteiger partial charge in [-0.2, -0.15) is 0 Å². The van der Waals surface area contributed by atoms with E-state index in [-0.39, 0.29) is 17.5 Å². The van der Waals surface area contributed by atoms with E-state index in [4.69, 9.17) is 9.47 Å². The van der Waals surface area contributed by atoms with Crippen LogP contribution in [0.15, 0.2) is 41.3 Å². The van der Waals surface area contributed by atoms with Gasteiger partial charge in [0.2, 0.25) is 0 Å². The Hall–Kier alpha value is -2.35. The molecule has 0 atom stereocenters. The zero-order valence-corrected chi connectivity index (χ0v) is 14.5. The number of carbonyl (C=O) groups excluding carboxylic acids is 2. The van der Waals surface area contributed by atoms with Gasteiger partial charge >= 0.3 is 12.1 Å². The van der Waals surface area contributed by atoms with E-state index in [2.05, 4.69) is 0 Å². The van der Waals surface area contributed by atoms with Gasteiger partial charge in [-0.3, -0.25) is 4.79 Å². The first-order chi connectivity index (χ1) is 11.3. The Morgan fingerprint density at radius 2 is 1.79 bits per heavy atom. The maximum absolute atomic E-state index is 11.9. The standard InChI is InChI=1S/C16H21NO6S/c1-13-7-9-15(10-8-13)24(20,21)17-16(19)23-12-6-4-3-5-11-22-14(2)18/h4,6-10H,3,5,11-12H2,1-2H3,(H,17,19)/b6-4-. The summed E-state index contributed by atoms with van der Waals surface area (Å²) in [5, 5.41) is 0. The average Bonchev–Trinajstić information content (AvgIpc) is 2.49. The minimum atomic E-state index is -3.94. The van der Waals surface area contributed by atoms with Crippen LogP contribution in [0.2, 0.25) is 0 Å². The van der Waals surface area contributed by atoms with E-state index in [1.165, 1.54) is 19.1 Å². The smallest absolute Gasteiger partial charge is 0.421 e. The van der Waals surface area contributed by atoms with Gasteiger partial charge in [0, 0.05) is 6.92 Å². The Kier molecular flexibility index (Phi) is 7.97. The van der Waals surface area contributed by atoms with Crippen molar-refractivity contribution in [3.63, 3.8) is 0 Å². The topological polar surface area (TPSA) is 98.8 Å². The number of unbranched alkanes of at least 4 members (excludes halogenated alkanes) is 1. The maximum atomic E-state index is 11.9. The summed E-state index contributed by atoms with van der Waals surface area (Å²) in [4.78, 5) is 22.0. The fraction of sp³-hybridized carbons (Fsp3) is 0.375. The lowest BCUT2D eigenvalue weighted by Crippen LogP contribution is -2.31. The molecule has 1 rings (SSSR count). The molecule has 24 heavy (non-hydrogen) atoms. The highest BCUT2D eigenvalue weighted by Gasteiger charge is 2.17. The van der Waals surface area contributed by atoms with Crippen LogP contribution >= 0.6 is 0 Å². The molecule has 0 heterocycles. The molecule has 0 aliphatic rings. The average molecular weight is 355 g/mol. The third-order valence-corrected chi connectivity index (χ3v) is 4.17. The number of amides is 1. The highest BCUT2D eigenvalue weighted by molar-refractivity contribution is 7.90. The molecule has 0 radical (unpaired) electrons. The number of hydrogen-bond acceptors (Lipinski definition) is 6. The van der Waals surface area contributed by atoms with Gasteiger partial charge < -0.3 is 9.47 Å². The molecule has 1 aromatic rings. The number of aryl methyl sites for hydroxylation is 1. The zero-order valence-electron chi connectivity index (χ0n) is 13.7. The Morgan fingerprint density at radius 3 is 2.42 bits per heavy atom. The first-order valence-electron chi connectivity index (χ1n) is 7.36. The number of sulfonamides is 1. The molecule has 0 aliphatic heterocycles. The van der Waals surface area contributed by atoms with Gasteiger partial charge in [-0.25, -0.2) is 17.9 Å². The van der Waals surface area contributed by atoms with Crippen LogP contribution in [0.1, 0.15) is 25.3 Å². The molecule has 0 spiro atoms. The van der Waals surface area contributed by atoms with Crippen molar-refractivity contribution < 1.29 is 27.5 Å². The summed E-state index contributed by atoms with van der Waals surface area (Å²) >= 11 is 0. The summed E-state index contributed by atoms with van der Waals surface area (Å²) in [6, 6.07) is 6.10. The SMILES string of the molecule is CC(=O)OCCC/C=C\COC(=O)NS(=O)(=O)c1ccc(C)cc1. The number of rotatable bonds is 8. The van der Waals surface area contributed by atoms with Crippen molar-refractivity contribution in [2.75, 3.05) is 13.2 Å². The maximum Gasteiger partial charge on any atom is 0.421 e. The molecule has 0 fully saturated rings. The number of allylic oxidation sites excluding steroid dienone is 1. The molecular formula is C16H21NO6S. The van der Waals surface area contributed by atoms with Crippen molar-refractivity contribution in [2.45, 2.75) is 31.6 Å². The van der Waals surface area contributed by atoms with Gasteiger partial charge in [-0.05, 0) is 31.9 Å². The second-order valence-corrected chi connectivity index (χ2v) is 6.65. The highest BCUT2D eigenvalue weighted by atomic mass is 32.2. The van der Waals surface area contributed by atoms with Crippen LogP contribution in [0, 0.1) is 6.92 Å². The molecule has 7 nitrogen and oxygen atoms in total. The van der Waals surface area contributed by atoms with Gasteiger partial charge in [-0.15, -0.1) is 0 Å². The van der Waals surface area contributed by atoms with Crippen LogP contribution < -0.4 is 4.72 Å². The van der Waals surface area contributed by atoms with Crippen LogP contribution in [-0.2, 0) is 24.3 Å². The van der Waals surface area contributed by atoms with E-state index in [0.717, 1.165) is 5.56 Å². The second kappa shape index (κ2) is 9.71. The minimum absolute atomic E-state index is 0.00827. The number of benzene rings is 1. The van der Waals surface area contributed by atoms with Crippen LogP contribution in [0.25, 0.3) is 0 Å². The minimum Gasteiger partial charge on any atom is -0.466 e. The molecule has 0 bridgehead atoms. The first-order valence-corrected chi connectivity index (χ1v) is 8.84. The third kappa shape index (κ3) is 7.77. The summed E-state index contributed by atoms with van der Waals surface area (Å²) < 4.78 is 35.2. The monoisotopic (exact) mass is 355 g/mol. The molecule has 8 heteroatoms. The van der Waals surface area contributed by atoms with E-state index in [0.29, 0.717) is 19.4 Å². The van der Waals surface area contributed by atoms with Crippen LogP contribution in [0.5, 0.6) is 0 Å². The Bertz CT molecular complexity index is 679. The molecule has 0 aliphatic carbocycles. The van der Waals surface area contributed by atoms with E-state index < -0.39 is 16.1 Å². The first kappa shape index (κ1) is 19.7. The number of carbonyl (C=O) groups is 2. The molecule has 0 saturated carbocycles. The summed E-state index contributed by atoms with van der Waals surface area (Å²) in [6.07, 6.45) is 3.61. The van der Waals surface area contributed by atoms with Crippen LogP contribution in [-0.4, -0.2) is 33.7 Å². The molecule has 0 aromatic heterocycles. The van der Waals surface area contributed by atoms with Gasteiger partial charge in [0.1, 0.15) is 6.61 Å². The number of ether oxygens (including phenoxy) is 2. The summed E-state index contributed by atoms with van der Waals surface area (Å²) in [6.45, 7) is 3.45. The van der Waals surface area contributed by atoms with E-state index >= 15 is 0 Å².